The van der Waals surface area contributed by atoms with E-state index in [1.807, 2.05) is 24.3 Å². The van der Waals surface area contributed by atoms with E-state index in [1.54, 1.807) is 14.0 Å². The summed E-state index contributed by atoms with van der Waals surface area (Å²) in [5, 5.41) is 3.23. The lowest BCUT2D eigenvalue weighted by atomic mass is 10.2. The molecular formula is C13H21NO3S. The van der Waals surface area contributed by atoms with Crippen LogP contribution in [-0.4, -0.2) is 33.6 Å². The molecule has 0 amide bonds. The molecule has 0 aliphatic heterocycles. The van der Waals surface area contributed by atoms with E-state index in [1.165, 1.54) is 0 Å². The largest absolute Gasteiger partial charge is 0.496 e. The van der Waals surface area contributed by atoms with Crippen LogP contribution in [0.15, 0.2) is 24.3 Å². The maximum Gasteiger partial charge on any atom is 0.150 e. The second-order valence-corrected chi connectivity index (χ2v) is 6.55. The third-order valence-electron chi connectivity index (χ3n) is 2.76. The van der Waals surface area contributed by atoms with E-state index in [9.17, 15) is 8.42 Å². The van der Waals surface area contributed by atoms with Crippen LogP contribution in [0.3, 0.4) is 0 Å². The molecule has 0 bridgehead atoms. The summed E-state index contributed by atoms with van der Waals surface area (Å²) in [6.45, 7) is 3.06. The van der Waals surface area contributed by atoms with Crippen LogP contribution in [0.2, 0.25) is 0 Å². The lowest BCUT2D eigenvalue weighted by Gasteiger charge is -2.09. The highest BCUT2D eigenvalue weighted by molar-refractivity contribution is 7.91. The van der Waals surface area contributed by atoms with Crippen molar-refractivity contribution in [2.24, 2.45) is 0 Å². The van der Waals surface area contributed by atoms with E-state index in [0.717, 1.165) is 11.3 Å². The van der Waals surface area contributed by atoms with Gasteiger partial charge in [-0.25, -0.2) is 8.42 Å². The molecule has 18 heavy (non-hydrogen) atoms. The van der Waals surface area contributed by atoms with Gasteiger partial charge in [0.1, 0.15) is 15.6 Å². The SMILES string of the molecule is CCS(=O)(=O)CCCNCc1ccccc1OC. The van der Waals surface area contributed by atoms with Crippen LogP contribution in [0.5, 0.6) is 5.75 Å². The Morgan fingerprint density at radius 2 is 2.00 bits per heavy atom. The number of methoxy groups -OCH3 is 1. The molecule has 1 rings (SSSR count). The normalized spacial score (nSPS) is 11.4. The van der Waals surface area contributed by atoms with Crippen LogP contribution in [-0.2, 0) is 16.4 Å². The molecule has 0 radical (unpaired) electrons. The van der Waals surface area contributed by atoms with Gasteiger partial charge < -0.3 is 10.1 Å². The van der Waals surface area contributed by atoms with E-state index >= 15 is 0 Å². The zero-order valence-corrected chi connectivity index (χ0v) is 11.8. The summed E-state index contributed by atoms with van der Waals surface area (Å²) in [5.41, 5.74) is 1.08. The maximum absolute atomic E-state index is 11.3. The van der Waals surface area contributed by atoms with E-state index in [4.69, 9.17) is 4.74 Å². The molecule has 0 saturated carbocycles. The fourth-order valence-electron chi connectivity index (χ4n) is 1.63. The second kappa shape index (κ2) is 7.38. The number of hydrogen-bond donors (Lipinski definition) is 1. The Hall–Kier alpha value is -1.07. The first kappa shape index (κ1) is 15.0. The highest BCUT2D eigenvalue weighted by Gasteiger charge is 2.06. The molecule has 0 saturated heterocycles. The number of nitrogens with one attached hydrogen (secondary N) is 1. The average molecular weight is 271 g/mol. The summed E-state index contributed by atoms with van der Waals surface area (Å²) in [6, 6.07) is 7.80. The average Bonchev–Trinajstić information content (AvgIpc) is 2.38. The van der Waals surface area contributed by atoms with Gasteiger partial charge in [0.15, 0.2) is 0 Å². The van der Waals surface area contributed by atoms with Gasteiger partial charge in [0.05, 0.1) is 12.9 Å². The number of para-hydroxylation sites is 1. The molecule has 1 aromatic carbocycles. The van der Waals surface area contributed by atoms with E-state index < -0.39 is 9.84 Å². The lowest BCUT2D eigenvalue weighted by molar-refractivity contribution is 0.407. The predicted octanol–water partition coefficient (Wildman–Crippen LogP) is 1.61. The zero-order chi connectivity index (χ0) is 13.4. The molecule has 0 spiro atoms. The molecule has 102 valence electrons. The monoisotopic (exact) mass is 271 g/mol. The van der Waals surface area contributed by atoms with Crippen molar-refractivity contribution in [1.29, 1.82) is 0 Å². The van der Waals surface area contributed by atoms with Gasteiger partial charge in [-0.3, -0.25) is 0 Å². The maximum atomic E-state index is 11.3. The van der Waals surface area contributed by atoms with Crippen molar-refractivity contribution in [2.45, 2.75) is 19.9 Å². The van der Waals surface area contributed by atoms with Gasteiger partial charge in [0, 0.05) is 17.9 Å². The molecule has 0 aliphatic carbocycles. The molecule has 0 aliphatic rings. The molecular weight excluding hydrogens is 250 g/mol. The number of sulfone groups is 1. The van der Waals surface area contributed by atoms with Gasteiger partial charge in [0.2, 0.25) is 0 Å². The summed E-state index contributed by atoms with van der Waals surface area (Å²) < 4.78 is 27.8. The molecule has 0 heterocycles. The smallest absolute Gasteiger partial charge is 0.150 e. The highest BCUT2D eigenvalue weighted by Crippen LogP contribution is 2.16. The molecule has 1 aromatic rings. The first-order chi connectivity index (χ1) is 8.59. The van der Waals surface area contributed by atoms with Gasteiger partial charge >= 0.3 is 0 Å². The molecule has 0 aromatic heterocycles. The number of rotatable bonds is 8. The third-order valence-corrected chi connectivity index (χ3v) is 4.55. The Morgan fingerprint density at radius 1 is 1.28 bits per heavy atom. The van der Waals surface area contributed by atoms with Crippen LogP contribution in [0.4, 0.5) is 0 Å². The fourth-order valence-corrected chi connectivity index (χ4v) is 2.51. The second-order valence-electron chi connectivity index (χ2n) is 4.08. The molecule has 0 atom stereocenters. The minimum Gasteiger partial charge on any atom is -0.496 e. The fraction of sp³-hybridized carbons (Fsp3) is 0.538. The Labute approximate surface area is 109 Å². The first-order valence-electron chi connectivity index (χ1n) is 6.12. The van der Waals surface area contributed by atoms with Crippen LogP contribution >= 0.6 is 0 Å². The first-order valence-corrected chi connectivity index (χ1v) is 7.94. The lowest BCUT2D eigenvalue weighted by Crippen LogP contribution is -2.19. The zero-order valence-electron chi connectivity index (χ0n) is 11.0. The number of ether oxygens (including phenoxy) is 1. The highest BCUT2D eigenvalue weighted by atomic mass is 32.2. The molecule has 0 fully saturated rings. The van der Waals surface area contributed by atoms with Crippen molar-refractivity contribution in [3.05, 3.63) is 29.8 Å². The molecule has 4 nitrogen and oxygen atoms in total. The summed E-state index contributed by atoms with van der Waals surface area (Å²) in [4.78, 5) is 0. The predicted molar refractivity (Wildman–Crippen MR) is 73.6 cm³/mol. The molecule has 0 unspecified atom stereocenters. The van der Waals surface area contributed by atoms with Crippen molar-refractivity contribution in [2.75, 3.05) is 25.2 Å². The third kappa shape index (κ3) is 5.06. The van der Waals surface area contributed by atoms with Gasteiger partial charge in [-0.15, -0.1) is 0 Å². The van der Waals surface area contributed by atoms with Gasteiger partial charge in [-0.2, -0.15) is 0 Å². The van der Waals surface area contributed by atoms with E-state index in [-0.39, 0.29) is 11.5 Å². The van der Waals surface area contributed by atoms with Gasteiger partial charge in [0.25, 0.3) is 0 Å². The Balaban J connectivity index is 2.30. The van der Waals surface area contributed by atoms with Gasteiger partial charge in [-0.05, 0) is 19.0 Å². The molecule has 1 N–H and O–H groups in total. The number of benzene rings is 1. The van der Waals surface area contributed by atoms with Crippen molar-refractivity contribution in [1.82, 2.24) is 5.32 Å². The van der Waals surface area contributed by atoms with E-state index in [0.29, 0.717) is 19.5 Å². The van der Waals surface area contributed by atoms with Crippen LogP contribution in [0.25, 0.3) is 0 Å². The Bertz CT molecular complexity index is 457. The summed E-state index contributed by atoms with van der Waals surface area (Å²) >= 11 is 0. The Kier molecular flexibility index (Phi) is 6.15. The van der Waals surface area contributed by atoms with Crippen molar-refractivity contribution in [3.63, 3.8) is 0 Å². The summed E-state index contributed by atoms with van der Waals surface area (Å²) in [6.07, 6.45) is 0.644. The molecule has 5 heteroatoms. The van der Waals surface area contributed by atoms with Gasteiger partial charge in [-0.1, -0.05) is 25.1 Å². The van der Waals surface area contributed by atoms with Crippen LogP contribution in [0, 0.1) is 0 Å². The standard InChI is InChI=1S/C13H21NO3S/c1-3-18(15,16)10-6-9-14-11-12-7-4-5-8-13(12)17-2/h4-5,7-8,14H,3,6,9-11H2,1-2H3. The summed E-state index contributed by atoms with van der Waals surface area (Å²) in [7, 11) is -1.20. The summed E-state index contributed by atoms with van der Waals surface area (Å²) in [5.74, 6) is 1.33. The minimum absolute atomic E-state index is 0.222. The van der Waals surface area contributed by atoms with Crippen molar-refractivity contribution in [3.8, 4) is 5.75 Å². The van der Waals surface area contributed by atoms with Crippen molar-refractivity contribution < 1.29 is 13.2 Å². The van der Waals surface area contributed by atoms with Crippen LogP contribution in [0.1, 0.15) is 18.9 Å². The van der Waals surface area contributed by atoms with Crippen molar-refractivity contribution >= 4 is 9.84 Å². The topological polar surface area (TPSA) is 55.4 Å². The van der Waals surface area contributed by atoms with Crippen LogP contribution < -0.4 is 10.1 Å². The quantitative estimate of drug-likeness (QED) is 0.730. The van der Waals surface area contributed by atoms with E-state index in [2.05, 4.69) is 5.32 Å². The number of hydrogen-bond acceptors (Lipinski definition) is 4. The minimum atomic E-state index is -2.84. The Morgan fingerprint density at radius 3 is 2.67 bits per heavy atom.